The van der Waals surface area contributed by atoms with Crippen molar-refractivity contribution in [2.45, 2.75) is 32.3 Å². The first-order valence-corrected chi connectivity index (χ1v) is 7.21. The first kappa shape index (κ1) is 13.9. The van der Waals surface area contributed by atoms with Crippen LogP contribution < -0.4 is 0 Å². The van der Waals surface area contributed by atoms with Crippen LogP contribution in [0.3, 0.4) is 0 Å². The third kappa shape index (κ3) is 3.71. The number of benzene rings is 1. The molecule has 1 N–H and O–H groups in total. The van der Waals surface area contributed by atoms with E-state index in [1.54, 1.807) is 0 Å². The lowest BCUT2D eigenvalue weighted by Crippen LogP contribution is -2.44. The van der Waals surface area contributed by atoms with Crippen molar-refractivity contribution in [2.24, 2.45) is 5.92 Å². The molecule has 100 valence electrons. The van der Waals surface area contributed by atoms with Crippen LogP contribution in [0, 0.1) is 5.92 Å². The minimum Gasteiger partial charge on any atom is -0.393 e. The monoisotopic (exact) mass is 267 g/mol. The zero-order chi connectivity index (χ0) is 13.0. The molecule has 1 aliphatic heterocycles. The van der Waals surface area contributed by atoms with Gasteiger partial charge in [-0.2, -0.15) is 0 Å². The number of hydrogen-bond donors (Lipinski definition) is 1. The first-order valence-electron chi connectivity index (χ1n) is 6.84. The molecule has 0 saturated carbocycles. The quantitative estimate of drug-likeness (QED) is 0.907. The van der Waals surface area contributed by atoms with Gasteiger partial charge in [-0.1, -0.05) is 30.7 Å². The van der Waals surface area contributed by atoms with Crippen LogP contribution in [0.5, 0.6) is 0 Å². The number of rotatable bonds is 4. The minimum absolute atomic E-state index is 0.169. The zero-order valence-corrected chi connectivity index (χ0v) is 11.7. The molecule has 0 amide bonds. The Morgan fingerprint density at radius 2 is 2.28 bits per heavy atom. The standard InChI is InChI=1S/C15H22ClNO/c1-2-7-17-8-6-15(18)13(11-17)9-12-4-3-5-14(16)10-12/h3-5,10,13,15,18H,2,6-9,11H2,1H3. The second kappa shape index (κ2) is 6.55. The van der Waals surface area contributed by atoms with Gasteiger partial charge in [0, 0.05) is 24.0 Å². The van der Waals surface area contributed by atoms with Crippen LogP contribution >= 0.6 is 11.6 Å². The van der Waals surface area contributed by atoms with Crippen LogP contribution in [-0.2, 0) is 6.42 Å². The number of aliphatic hydroxyl groups is 1. The molecule has 1 saturated heterocycles. The van der Waals surface area contributed by atoms with Crippen molar-refractivity contribution in [3.63, 3.8) is 0 Å². The van der Waals surface area contributed by atoms with Crippen molar-refractivity contribution in [3.05, 3.63) is 34.9 Å². The van der Waals surface area contributed by atoms with Gasteiger partial charge in [0.1, 0.15) is 0 Å². The third-order valence-corrected chi connectivity index (χ3v) is 3.94. The van der Waals surface area contributed by atoms with Crippen molar-refractivity contribution >= 4 is 11.6 Å². The van der Waals surface area contributed by atoms with E-state index < -0.39 is 0 Å². The van der Waals surface area contributed by atoms with Crippen LogP contribution in [0.25, 0.3) is 0 Å². The molecule has 18 heavy (non-hydrogen) atoms. The van der Waals surface area contributed by atoms with Gasteiger partial charge in [0.2, 0.25) is 0 Å². The SMILES string of the molecule is CCCN1CCC(O)C(Cc2cccc(Cl)c2)C1. The number of halogens is 1. The Morgan fingerprint density at radius 1 is 1.44 bits per heavy atom. The van der Waals surface area contributed by atoms with E-state index >= 15 is 0 Å². The van der Waals surface area contributed by atoms with Crippen molar-refractivity contribution in [1.29, 1.82) is 0 Å². The molecule has 1 fully saturated rings. The summed E-state index contributed by atoms with van der Waals surface area (Å²) in [6, 6.07) is 7.98. The lowest BCUT2D eigenvalue weighted by Gasteiger charge is -2.36. The Labute approximate surface area is 115 Å². The van der Waals surface area contributed by atoms with E-state index in [1.807, 2.05) is 18.2 Å². The molecule has 2 atom stereocenters. The highest BCUT2D eigenvalue weighted by molar-refractivity contribution is 6.30. The average molecular weight is 268 g/mol. The van der Waals surface area contributed by atoms with Gasteiger partial charge < -0.3 is 10.0 Å². The van der Waals surface area contributed by atoms with E-state index in [0.29, 0.717) is 5.92 Å². The molecule has 0 radical (unpaired) electrons. The lowest BCUT2D eigenvalue weighted by atomic mass is 9.88. The highest BCUT2D eigenvalue weighted by atomic mass is 35.5. The summed E-state index contributed by atoms with van der Waals surface area (Å²) in [6.07, 6.45) is 2.82. The predicted molar refractivity (Wildman–Crippen MR) is 76.0 cm³/mol. The molecule has 1 aromatic carbocycles. The van der Waals surface area contributed by atoms with Crippen LogP contribution in [0.4, 0.5) is 0 Å². The first-order chi connectivity index (χ1) is 8.69. The van der Waals surface area contributed by atoms with E-state index in [-0.39, 0.29) is 6.10 Å². The zero-order valence-electron chi connectivity index (χ0n) is 11.0. The van der Waals surface area contributed by atoms with Gasteiger partial charge in [0.25, 0.3) is 0 Å². The third-order valence-electron chi connectivity index (χ3n) is 3.70. The van der Waals surface area contributed by atoms with Crippen LogP contribution in [0.2, 0.25) is 5.02 Å². The summed E-state index contributed by atoms with van der Waals surface area (Å²) in [5, 5.41) is 10.9. The summed E-state index contributed by atoms with van der Waals surface area (Å²) in [4.78, 5) is 2.46. The lowest BCUT2D eigenvalue weighted by molar-refractivity contribution is 0.0270. The minimum atomic E-state index is -0.169. The normalized spacial score (nSPS) is 25.3. The molecule has 0 spiro atoms. The highest BCUT2D eigenvalue weighted by Gasteiger charge is 2.27. The maximum atomic E-state index is 10.1. The fraction of sp³-hybridized carbons (Fsp3) is 0.600. The number of hydrogen-bond acceptors (Lipinski definition) is 2. The van der Waals surface area contributed by atoms with Crippen LogP contribution in [0.15, 0.2) is 24.3 Å². The topological polar surface area (TPSA) is 23.5 Å². The number of aliphatic hydroxyl groups excluding tert-OH is 1. The van der Waals surface area contributed by atoms with E-state index in [2.05, 4.69) is 17.9 Å². The van der Waals surface area contributed by atoms with Gasteiger partial charge in [0.05, 0.1) is 6.10 Å². The molecule has 2 rings (SSSR count). The smallest absolute Gasteiger partial charge is 0.0596 e. The van der Waals surface area contributed by atoms with Crippen molar-refractivity contribution in [1.82, 2.24) is 4.90 Å². The molecule has 2 unspecified atom stereocenters. The molecular weight excluding hydrogens is 246 g/mol. The summed E-state index contributed by atoms with van der Waals surface area (Å²) in [5.41, 5.74) is 1.23. The Morgan fingerprint density at radius 3 is 3.00 bits per heavy atom. The average Bonchev–Trinajstić information content (AvgIpc) is 2.34. The molecule has 0 aliphatic carbocycles. The second-order valence-electron chi connectivity index (χ2n) is 5.25. The van der Waals surface area contributed by atoms with Crippen LogP contribution in [-0.4, -0.2) is 35.7 Å². The summed E-state index contributed by atoms with van der Waals surface area (Å²) in [5.74, 6) is 0.337. The maximum absolute atomic E-state index is 10.1. The van der Waals surface area contributed by atoms with Gasteiger partial charge in [-0.15, -0.1) is 0 Å². The van der Waals surface area contributed by atoms with Crippen molar-refractivity contribution in [3.8, 4) is 0 Å². The van der Waals surface area contributed by atoms with E-state index in [9.17, 15) is 5.11 Å². The molecule has 3 heteroatoms. The Bertz CT molecular complexity index is 383. The Kier molecular flexibility index (Phi) is 5.04. The predicted octanol–water partition coefficient (Wildman–Crippen LogP) is 2.98. The fourth-order valence-electron chi connectivity index (χ4n) is 2.78. The van der Waals surface area contributed by atoms with Gasteiger partial charge in [-0.25, -0.2) is 0 Å². The highest BCUT2D eigenvalue weighted by Crippen LogP contribution is 2.23. The molecule has 0 aromatic heterocycles. The Hall–Kier alpha value is -0.570. The van der Waals surface area contributed by atoms with Crippen molar-refractivity contribution in [2.75, 3.05) is 19.6 Å². The maximum Gasteiger partial charge on any atom is 0.0596 e. The van der Waals surface area contributed by atoms with Gasteiger partial charge >= 0.3 is 0 Å². The van der Waals surface area contributed by atoms with Crippen LogP contribution in [0.1, 0.15) is 25.3 Å². The van der Waals surface area contributed by atoms with Crippen molar-refractivity contribution < 1.29 is 5.11 Å². The van der Waals surface area contributed by atoms with E-state index in [1.165, 1.54) is 12.0 Å². The summed E-state index contributed by atoms with van der Waals surface area (Å²) >= 11 is 6.00. The number of likely N-dealkylation sites (tertiary alicyclic amines) is 1. The Balaban J connectivity index is 1.98. The largest absolute Gasteiger partial charge is 0.393 e. The molecule has 2 nitrogen and oxygen atoms in total. The summed E-state index contributed by atoms with van der Waals surface area (Å²) in [6.45, 7) is 5.37. The molecule has 1 heterocycles. The number of piperidine rings is 1. The summed E-state index contributed by atoms with van der Waals surface area (Å²) < 4.78 is 0. The van der Waals surface area contributed by atoms with Gasteiger partial charge in [-0.3, -0.25) is 0 Å². The summed E-state index contributed by atoms with van der Waals surface area (Å²) in [7, 11) is 0. The van der Waals surface area contributed by atoms with Gasteiger partial charge in [0.15, 0.2) is 0 Å². The number of nitrogens with zero attached hydrogens (tertiary/aromatic N) is 1. The van der Waals surface area contributed by atoms with E-state index in [0.717, 1.165) is 37.5 Å². The van der Waals surface area contributed by atoms with E-state index in [4.69, 9.17) is 11.6 Å². The molecule has 0 bridgehead atoms. The van der Waals surface area contributed by atoms with Gasteiger partial charge in [-0.05, 0) is 43.5 Å². The molecular formula is C15H22ClNO. The molecule has 1 aromatic rings. The molecule has 1 aliphatic rings. The second-order valence-corrected chi connectivity index (χ2v) is 5.69. The fourth-order valence-corrected chi connectivity index (χ4v) is 2.99.